The molecule has 1 saturated heterocycles. The average Bonchev–Trinajstić information content (AvgIpc) is 3.15. The predicted octanol–water partition coefficient (Wildman–Crippen LogP) is 3.35. The van der Waals surface area contributed by atoms with E-state index in [0.29, 0.717) is 31.2 Å². The van der Waals surface area contributed by atoms with Crippen LogP contribution in [0.2, 0.25) is 0 Å². The molecule has 2 amide bonds. The Morgan fingerprint density at radius 3 is 2.62 bits per heavy atom. The first-order chi connectivity index (χ1) is 15.4. The van der Waals surface area contributed by atoms with Gasteiger partial charge < -0.3 is 20.2 Å². The molecule has 3 aromatic rings. The third kappa shape index (κ3) is 5.29. The SMILES string of the molecule is O=C(NCCN1CCOCC1)Nc1ccc(On2cc(C(F)(F)F)c3cccnc32)cc1. The standard InChI is InChI=1S/C21H22F3N5O3/c22-21(23,24)18-14-29(19-17(18)2-1-7-25-19)32-16-5-3-15(4-6-16)27-20(30)26-8-9-28-10-12-31-13-11-28/h1-7,14H,8-13H2,(H2,26,27,30). The number of hydrogen-bond acceptors (Lipinski definition) is 5. The lowest BCUT2D eigenvalue weighted by Crippen LogP contribution is -2.42. The molecule has 0 saturated carbocycles. The van der Waals surface area contributed by atoms with Gasteiger partial charge in [0.1, 0.15) is 0 Å². The van der Waals surface area contributed by atoms with E-state index in [4.69, 9.17) is 9.57 Å². The number of halogens is 3. The van der Waals surface area contributed by atoms with Crippen molar-refractivity contribution in [1.29, 1.82) is 0 Å². The molecular formula is C21H22F3N5O3. The minimum absolute atomic E-state index is 0.0490. The van der Waals surface area contributed by atoms with Crippen LogP contribution >= 0.6 is 0 Å². The van der Waals surface area contributed by atoms with E-state index in [-0.39, 0.29) is 17.1 Å². The molecule has 3 heterocycles. The van der Waals surface area contributed by atoms with Crippen LogP contribution < -0.4 is 15.5 Å². The van der Waals surface area contributed by atoms with Gasteiger partial charge in [0.05, 0.1) is 25.0 Å². The molecular weight excluding hydrogens is 427 g/mol. The third-order valence-electron chi connectivity index (χ3n) is 4.97. The van der Waals surface area contributed by atoms with E-state index in [0.717, 1.165) is 30.6 Å². The van der Waals surface area contributed by atoms with Crippen LogP contribution in [0.15, 0.2) is 48.8 Å². The number of alkyl halides is 3. The number of pyridine rings is 1. The molecule has 0 radical (unpaired) electrons. The number of rotatable bonds is 6. The summed E-state index contributed by atoms with van der Waals surface area (Å²) < 4.78 is 46.1. The van der Waals surface area contributed by atoms with Gasteiger partial charge in [-0.15, -0.1) is 0 Å². The van der Waals surface area contributed by atoms with Crippen molar-refractivity contribution in [1.82, 2.24) is 19.9 Å². The lowest BCUT2D eigenvalue weighted by Gasteiger charge is -2.26. The second kappa shape index (κ2) is 9.45. The molecule has 1 aliphatic rings. The Kier molecular flexibility index (Phi) is 6.47. The van der Waals surface area contributed by atoms with Gasteiger partial charge in [-0.25, -0.2) is 9.78 Å². The number of urea groups is 1. The lowest BCUT2D eigenvalue weighted by atomic mass is 10.2. The first-order valence-electron chi connectivity index (χ1n) is 10.1. The predicted molar refractivity (Wildman–Crippen MR) is 111 cm³/mol. The van der Waals surface area contributed by atoms with Crippen molar-refractivity contribution in [2.24, 2.45) is 0 Å². The summed E-state index contributed by atoms with van der Waals surface area (Å²) in [6, 6.07) is 8.73. The van der Waals surface area contributed by atoms with E-state index in [1.54, 1.807) is 24.3 Å². The van der Waals surface area contributed by atoms with Crippen LogP contribution in [0.1, 0.15) is 5.56 Å². The molecule has 32 heavy (non-hydrogen) atoms. The summed E-state index contributed by atoms with van der Waals surface area (Å²) in [6.45, 7) is 4.34. The highest BCUT2D eigenvalue weighted by Crippen LogP contribution is 2.35. The molecule has 0 atom stereocenters. The molecule has 0 unspecified atom stereocenters. The van der Waals surface area contributed by atoms with E-state index in [1.807, 2.05) is 0 Å². The van der Waals surface area contributed by atoms with Gasteiger partial charge in [-0.3, -0.25) is 4.90 Å². The smallest absolute Gasteiger partial charge is 0.379 e. The summed E-state index contributed by atoms with van der Waals surface area (Å²) in [4.78, 5) is 23.8. The number of carbonyl (C=O) groups is 1. The number of ether oxygens (including phenoxy) is 1. The van der Waals surface area contributed by atoms with Crippen molar-refractivity contribution in [3.63, 3.8) is 0 Å². The van der Waals surface area contributed by atoms with Gasteiger partial charge in [0.2, 0.25) is 0 Å². The zero-order valence-corrected chi connectivity index (χ0v) is 17.1. The highest BCUT2D eigenvalue weighted by molar-refractivity contribution is 5.89. The maximum absolute atomic E-state index is 13.3. The highest BCUT2D eigenvalue weighted by atomic mass is 19.4. The van der Waals surface area contributed by atoms with Crippen LogP contribution in [-0.2, 0) is 10.9 Å². The quantitative estimate of drug-likeness (QED) is 0.603. The molecule has 11 heteroatoms. The van der Waals surface area contributed by atoms with Gasteiger partial charge in [0, 0.05) is 43.4 Å². The van der Waals surface area contributed by atoms with Crippen LogP contribution in [0.3, 0.4) is 0 Å². The number of nitrogens with one attached hydrogen (secondary N) is 2. The van der Waals surface area contributed by atoms with Crippen molar-refractivity contribution in [3.05, 3.63) is 54.4 Å². The number of amides is 2. The Morgan fingerprint density at radius 2 is 1.91 bits per heavy atom. The summed E-state index contributed by atoms with van der Waals surface area (Å²) in [5.74, 6) is 0.291. The molecule has 4 rings (SSSR count). The molecule has 170 valence electrons. The van der Waals surface area contributed by atoms with Gasteiger partial charge in [0.15, 0.2) is 11.4 Å². The largest absolute Gasteiger partial charge is 0.418 e. The Balaban J connectivity index is 1.34. The summed E-state index contributed by atoms with van der Waals surface area (Å²) in [6.07, 6.45) is -2.27. The first-order valence-corrected chi connectivity index (χ1v) is 10.1. The molecule has 0 bridgehead atoms. The fraction of sp³-hybridized carbons (Fsp3) is 0.333. The zero-order chi connectivity index (χ0) is 22.6. The van der Waals surface area contributed by atoms with E-state index >= 15 is 0 Å². The van der Waals surface area contributed by atoms with Crippen molar-refractivity contribution < 1.29 is 27.5 Å². The minimum atomic E-state index is -4.53. The molecule has 8 nitrogen and oxygen atoms in total. The van der Waals surface area contributed by atoms with E-state index < -0.39 is 11.7 Å². The third-order valence-corrected chi connectivity index (χ3v) is 4.97. The van der Waals surface area contributed by atoms with E-state index in [2.05, 4.69) is 20.5 Å². The summed E-state index contributed by atoms with van der Waals surface area (Å²) in [7, 11) is 0. The van der Waals surface area contributed by atoms with Gasteiger partial charge >= 0.3 is 12.2 Å². The first kappa shape index (κ1) is 21.9. The average molecular weight is 449 g/mol. The molecule has 0 aliphatic carbocycles. The van der Waals surface area contributed by atoms with Crippen molar-refractivity contribution in [2.45, 2.75) is 6.18 Å². The van der Waals surface area contributed by atoms with Crippen molar-refractivity contribution >= 4 is 22.8 Å². The maximum Gasteiger partial charge on any atom is 0.418 e. The topological polar surface area (TPSA) is 80.7 Å². The second-order valence-electron chi connectivity index (χ2n) is 7.19. The van der Waals surface area contributed by atoms with Gasteiger partial charge in [0.25, 0.3) is 0 Å². The summed E-state index contributed by atoms with van der Waals surface area (Å²) in [5.41, 5.74) is -0.248. The molecule has 0 spiro atoms. The highest BCUT2D eigenvalue weighted by Gasteiger charge is 2.35. The van der Waals surface area contributed by atoms with Crippen LogP contribution in [0, 0.1) is 0 Å². The number of nitrogens with zero attached hydrogens (tertiary/aromatic N) is 3. The van der Waals surface area contributed by atoms with Crippen LogP contribution in [0.25, 0.3) is 11.0 Å². The van der Waals surface area contributed by atoms with Gasteiger partial charge in [-0.1, -0.05) is 0 Å². The molecule has 2 aromatic heterocycles. The molecule has 1 aliphatic heterocycles. The Hall–Kier alpha value is -3.31. The number of fused-ring (bicyclic) bond motifs is 1. The number of morpholine rings is 1. The van der Waals surface area contributed by atoms with Crippen LogP contribution in [0.4, 0.5) is 23.7 Å². The summed E-state index contributed by atoms with van der Waals surface area (Å²) in [5, 5.41) is 5.45. The summed E-state index contributed by atoms with van der Waals surface area (Å²) >= 11 is 0. The fourth-order valence-corrected chi connectivity index (χ4v) is 3.37. The minimum Gasteiger partial charge on any atom is -0.379 e. The zero-order valence-electron chi connectivity index (χ0n) is 17.1. The second-order valence-corrected chi connectivity index (χ2v) is 7.19. The van der Waals surface area contributed by atoms with Crippen molar-refractivity contribution in [2.75, 3.05) is 44.7 Å². The number of hydrogen-bond donors (Lipinski definition) is 2. The lowest BCUT2D eigenvalue weighted by molar-refractivity contribution is -0.136. The van der Waals surface area contributed by atoms with Crippen LogP contribution in [-0.4, -0.2) is 60.0 Å². The number of carbonyl (C=O) groups excluding carboxylic acids is 1. The molecule has 1 fully saturated rings. The fourth-order valence-electron chi connectivity index (χ4n) is 3.37. The van der Waals surface area contributed by atoms with E-state index in [9.17, 15) is 18.0 Å². The Labute approximate surface area is 181 Å². The van der Waals surface area contributed by atoms with E-state index in [1.165, 1.54) is 18.3 Å². The van der Waals surface area contributed by atoms with Gasteiger partial charge in [-0.05, 0) is 36.4 Å². The number of aromatic nitrogens is 2. The number of anilines is 1. The maximum atomic E-state index is 13.3. The molecule has 2 N–H and O–H groups in total. The van der Waals surface area contributed by atoms with Gasteiger partial charge in [-0.2, -0.15) is 17.9 Å². The Bertz CT molecular complexity index is 1060. The molecule has 1 aromatic carbocycles. The Morgan fingerprint density at radius 1 is 1.16 bits per heavy atom. The van der Waals surface area contributed by atoms with Crippen molar-refractivity contribution in [3.8, 4) is 5.75 Å². The normalized spacial score (nSPS) is 15.0. The van der Waals surface area contributed by atoms with Crippen LogP contribution in [0.5, 0.6) is 5.75 Å². The monoisotopic (exact) mass is 449 g/mol. The number of benzene rings is 1.